The van der Waals surface area contributed by atoms with E-state index in [0.717, 1.165) is 24.2 Å². The third-order valence-corrected chi connectivity index (χ3v) is 5.44. The smallest absolute Gasteiger partial charge is 0.252 e. The van der Waals surface area contributed by atoms with Gasteiger partial charge in [-0.25, -0.2) is 0 Å². The van der Waals surface area contributed by atoms with Gasteiger partial charge in [0.15, 0.2) is 0 Å². The Morgan fingerprint density at radius 2 is 2.08 bits per heavy atom. The molecule has 26 heavy (non-hydrogen) atoms. The minimum absolute atomic E-state index is 0.00104. The number of rotatable bonds is 8. The SMILES string of the molecule is CC1CCC(C(C)C)C(O)(C(=O)NCCc2ccccc2OCCO)C1. The Labute approximate surface area is 156 Å². The second-order valence-corrected chi connectivity index (χ2v) is 7.85. The largest absolute Gasteiger partial charge is 0.491 e. The molecule has 1 aliphatic rings. The van der Waals surface area contributed by atoms with Crippen LogP contribution in [0.15, 0.2) is 24.3 Å². The van der Waals surface area contributed by atoms with Crippen LogP contribution in [0.3, 0.4) is 0 Å². The molecule has 1 aromatic carbocycles. The summed E-state index contributed by atoms with van der Waals surface area (Å²) < 4.78 is 5.53. The van der Waals surface area contributed by atoms with Crippen molar-refractivity contribution in [3.8, 4) is 5.75 Å². The van der Waals surface area contributed by atoms with Crippen molar-refractivity contribution in [2.24, 2.45) is 17.8 Å². The first-order valence-corrected chi connectivity index (χ1v) is 9.70. The number of carbonyl (C=O) groups is 1. The minimum Gasteiger partial charge on any atom is -0.491 e. The molecule has 0 radical (unpaired) electrons. The van der Waals surface area contributed by atoms with Gasteiger partial charge in [-0.05, 0) is 48.6 Å². The molecule has 0 aromatic heterocycles. The molecule has 3 unspecified atom stereocenters. The second-order valence-electron chi connectivity index (χ2n) is 7.85. The van der Waals surface area contributed by atoms with E-state index in [9.17, 15) is 9.90 Å². The van der Waals surface area contributed by atoms with Crippen molar-refractivity contribution >= 4 is 5.91 Å². The van der Waals surface area contributed by atoms with Crippen LogP contribution in [0.25, 0.3) is 0 Å². The van der Waals surface area contributed by atoms with Crippen LogP contribution < -0.4 is 10.1 Å². The Bertz CT molecular complexity index is 589. The molecule has 1 fully saturated rings. The van der Waals surface area contributed by atoms with E-state index in [1.807, 2.05) is 24.3 Å². The molecule has 0 aliphatic heterocycles. The van der Waals surface area contributed by atoms with E-state index in [1.54, 1.807) is 0 Å². The number of ether oxygens (including phenoxy) is 1. The average Bonchev–Trinajstić information content (AvgIpc) is 2.60. The van der Waals surface area contributed by atoms with Gasteiger partial charge in [-0.2, -0.15) is 0 Å². The van der Waals surface area contributed by atoms with E-state index in [1.165, 1.54) is 0 Å². The van der Waals surface area contributed by atoms with Crippen molar-refractivity contribution in [1.29, 1.82) is 0 Å². The number of benzene rings is 1. The zero-order chi connectivity index (χ0) is 19.2. The molecule has 0 spiro atoms. The summed E-state index contributed by atoms with van der Waals surface area (Å²) in [5, 5.41) is 23.0. The standard InChI is InChI=1S/C21H33NO4/c1-15(2)18-9-8-16(3)14-21(18,25)20(24)22-11-10-17-6-4-5-7-19(17)26-13-12-23/h4-7,15-16,18,23,25H,8-14H2,1-3H3,(H,22,24). The molecule has 1 aliphatic carbocycles. The van der Waals surface area contributed by atoms with E-state index < -0.39 is 5.60 Å². The highest BCUT2D eigenvalue weighted by Crippen LogP contribution is 2.41. The molecular weight excluding hydrogens is 330 g/mol. The molecule has 5 nitrogen and oxygen atoms in total. The van der Waals surface area contributed by atoms with E-state index in [4.69, 9.17) is 9.84 Å². The minimum atomic E-state index is -1.28. The lowest BCUT2D eigenvalue weighted by Gasteiger charge is -2.43. The molecule has 2 rings (SSSR count). The summed E-state index contributed by atoms with van der Waals surface area (Å²) in [6.45, 7) is 6.91. The summed E-state index contributed by atoms with van der Waals surface area (Å²) in [4.78, 5) is 12.8. The summed E-state index contributed by atoms with van der Waals surface area (Å²) in [5.74, 6) is 1.09. The molecule has 3 N–H and O–H groups in total. The van der Waals surface area contributed by atoms with Crippen LogP contribution in [0.2, 0.25) is 0 Å². The quantitative estimate of drug-likeness (QED) is 0.663. The lowest BCUT2D eigenvalue weighted by Crippen LogP contribution is -2.56. The fourth-order valence-electron chi connectivity index (χ4n) is 4.10. The Balaban J connectivity index is 1.97. The molecule has 3 atom stereocenters. The van der Waals surface area contributed by atoms with Crippen molar-refractivity contribution in [3.63, 3.8) is 0 Å². The molecule has 0 saturated heterocycles. The number of hydrogen-bond acceptors (Lipinski definition) is 4. The van der Waals surface area contributed by atoms with Gasteiger partial charge < -0.3 is 20.3 Å². The summed E-state index contributed by atoms with van der Waals surface area (Å²) in [6, 6.07) is 7.62. The Morgan fingerprint density at radius 1 is 1.35 bits per heavy atom. The third-order valence-electron chi connectivity index (χ3n) is 5.44. The zero-order valence-corrected chi connectivity index (χ0v) is 16.2. The van der Waals surface area contributed by atoms with Crippen LogP contribution in [0.4, 0.5) is 0 Å². The Morgan fingerprint density at radius 3 is 2.77 bits per heavy atom. The summed E-state index contributed by atoms with van der Waals surface area (Å²) in [6.07, 6.45) is 3.10. The lowest BCUT2D eigenvalue weighted by molar-refractivity contribution is -0.155. The topological polar surface area (TPSA) is 78.8 Å². The monoisotopic (exact) mass is 363 g/mol. The molecular formula is C21H33NO4. The van der Waals surface area contributed by atoms with Gasteiger partial charge in [-0.3, -0.25) is 4.79 Å². The number of aliphatic hydroxyl groups excluding tert-OH is 1. The Hall–Kier alpha value is -1.59. The van der Waals surface area contributed by atoms with Crippen LogP contribution in [-0.2, 0) is 11.2 Å². The zero-order valence-electron chi connectivity index (χ0n) is 16.2. The maximum Gasteiger partial charge on any atom is 0.252 e. The van der Waals surface area contributed by atoms with Crippen LogP contribution >= 0.6 is 0 Å². The number of hydrogen-bond donors (Lipinski definition) is 3. The fourth-order valence-corrected chi connectivity index (χ4v) is 4.10. The highest BCUT2D eigenvalue weighted by atomic mass is 16.5. The number of aliphatic hydroxyl groups is 2. The van der Waals surface area contributed by atoms with Gasteiger partial charge in [0, 0.05) is 6.54 Å². The molecule has 0 heterocycles. The number of para-hydroxylation sites is 1. The first-order chi connectivity index (χ1) is 12.4. The Kier molecular flexibility index (Phi) is 7.47. The lowest BCUT2D eigenvalue weighted by atomic mass is 9.66. The van der Waals surface area contributed by atoms with Gasteiger partial charge in [0.2, 0.25) is 0 Å². The maximum atomic E-state index is 12.8. The fraction of sp³-hybridized carbons (Fsp3) is 0.667. The van der Waals surface area contributed by atoms with E-state index >= 15 is 0 Å². The van der Waals surface area contributed by atoms with Gasteiger partial charge in [0.05, 0.1) is 6.61 Å². The van der Waals surface area contributed by atoms with E-state index in [2.05, 4.69) is 26.1 Å². The van der Waals surface area contributed by atoms with Crippen molar-refractivity contribution in [2.75, 3.05) is 19.8 Å². The predicted molar refractivity (Wildman–Crippen MR) is 102 cm³/mol. The van der Waals surface area contributed by atoms with Gasteiger partial charge in [-0.15, -0.1) is 0 Å². The molecule has 1 saturated carbocycles. The predicted octanol–water partition coefficient (Wildman–Crippen LogP) is 2.54. The highest BCUT2D eigenvalue weighted by Gasteiger charge is 2.48. The van der Waals surface area contributed by atoms with E-state index in [-0.39, 0.29) is 31.0 Å². The van der Waals surface area contributed by atoms with Crippen LogP contribution in [0.5, 0.6) is 5.75 Å². The van der Waals surface area contributed by atoms with Crippen LogP contribution in [0.1, 0.15) is 45.6 Å². The van der Waals surface area contributed by atoms with Crippen molar-refractivity contribution in [2.45, 2.75) is 52.1 Å². The molecule has 1 aromatic rings. The molecule has 1 amide bonds. The first-order valence-electron chi connectivity index (χ1n) is 9.70. The summed E-state index contributed by atoms with van der Waals surface area (Å²) in [5.41, 5.74) is -0.302. The van der Waals surface area contributed by atoms with Gasteiger partial charge in [0.1, 0.15) is 18.0 Å². The molecule has 146 valence electrons. The normalized spacial score (nSPS) is 25.9. The second kappa shape index (κ2) is 9.38. The third kappa shape index (κ3) is 4.98. The van der Waals surface area contributed by atoms with Crippen LogP contribution in [0, 0.1) is 17.8 Å². The average molecular weight is 363 g/mol. The maximum absolute atomic E-state index is 12.8. The van der Waals surface area contributed by atoms with E-state index in [0.29, 0.717) is 25.3 Å². The highest BCUT2D eigenvalue weighted by molar-refractivity contribution is 5.85. The molecule has 5 heteroatoms. The number of carbonyl (C=O) groups excluding carboxylic acids is 1. The van der Waals surface area contributed by atoms with Crippen molar-refractivity contribution < 1.29 is 19.7 Å². The summed E-state index contributed by atoms with van der Waals surface area (Å²) in [7, 11) is 0. The molecule has 0 bridgehead atoms. The van der Waals surface area contributed by atoms with Gasteiger partial charge >= 0.3 is 0 Å². The van der Waals surface area contributed by atoms with Gasteiger partial charge in [0.25, 0.3) is 5.91 Å². The number of nitrogens with one attached hydrogen (secondary N) is 1. The first kappa shape index (κ1) is 20.7. The van der Waals surface area contributed by atoms with Gasteiger partial charge in [-0.1, -0.05) is 45.4 Å². The number of amides is 1. The summed E-state index contributed by atoms with van der Waals surface area (Å²) >= 11 is 0. The van der Waals surface area contributed by atoms with Crippen molar-refractivity contribution in [1.82, 2.24) is 5.32 Å². The van der Waals surface area contributed by atoms with Crippen LogP contribution in [-0.4, -0.2) is 41.5 Å². The van der Waals surface area contributed by atoms with Crippen molar-refractivity contribution in [3.05, 3.63) is 29.8 Å².